The van der Waals surface area contributed by atoms with Crippen molar-refractivity contribution in [2.24, 2.45) is 17.3 Å². The van der Waals surface area contributed by atoms with Crippen LogP contribution in [0.4, 0.5) is 0 Å². The highest BCUT2D eigenvalue weighted by molar-refractivity contribution is 6.12. The first kappa shape index (κ1) is 40.8. The Labute approximate surface area is 344 Å². The normalized spacial score (nSPS) is 34.6. The van der Waals surface area contributed by atoms with Crippen LogP contribution in [0.1, 0.15) is 116 Å². The molecule has 4 bridgehead atoms. The Balaban J connectivity index is 1.34. The highest BCUT2D eigenvalue weighted by atomic mass is 16.6. The van der Waals surface area contributed by atoms with Crippen molar-refractivity contribution >= 4 is 23.5 Å². The number of ether oxygens (including phenoxy) is 3. The molecule has 7 aliphatic rings. The molecule has 7 unspecified atom stereocenters. The SMILES string of the molecule is CC(C)=CCCC1(C)C=Cc2c(O)c3c(c(CC=C(C)C)c2O1)OC12C(C3=O)C(N3CCN(C)CC3)C3(C)C(=O)C1(C/C=C(/C)C(=O)N1C=CCCC1)OC(C)(C)C32. The number of fused-ring (bicyclic) bond motifs is 2. The fourth-order valence-corrected chi connectivity index (χ4v) is 12.1. The maximum Gasteiger partial charge on any atom is 0.253 e. The van der Waals surface area contributed by atoms with Gasteiger partial charge in [-0.3, -0.25) is 19.3 Å². The largest absolute Gasteiger partial charge is 0.506 e. The molecule has 1 aromatic rings. The maximum atomic E-state index is 15.9. The lowest BCUT2D eigenvalue weighted by Gasteiger charge is -2.56. The van der Waals surface area contributed by atoms with E-state index in [9.17, 15) is 9.90 Å². The lowest BCUT2D eigenvalue weighted by atomic mass is 9.61. The second kappa shape index (κ2) is 14.1. The molecule has 312 valence electrons. The smallest absolute Gasteiger partial charge is 0.253 e. The van der Waals surface area contributed by atoms with Crippen molar-refractivity contribution in [2.75, 3.05) is 39.8 Å². The average Bonchev–Trinajstić information content (AvgIpc) is 3.61. The molecule has 2 saturated carbocycles. The number of amides is 1. The van der Waals surface area contributed by atoms with E-state index in [0.717, 1.165) is 37.9 Å². The van der Waals surface area contributed by atoms with Crippen molar-refractivity contribution in [1.82, 2.24) is 14.7 Å². The van der Waals surface area contributed by atoms with Crippen LogP contribution in [0.5, 0.6) is 17.2 Å². The van der Waals surface area contributed by atoms with E-state index in [-0.39, 0.29) is 41.0 Å². The van der Waals surface area contributed by atoms with E-state index in [1.165, 1.54) is 5.57 Å². The molecule has 5 heterocycles. The molecule has 58 heavy (non-hydrogen) atoms. The predicted octanol–water partition coefficient (Wildman–Crippen LogP) is 7.60. The number of allylic oxidation sites excluding steroid dienone is 5. The summed E-state index contributed by atoms with van der Waals surface area (Å²) in [5.41, 5.74) is -1.44. The number of piperazine rings is 1. The number of aromatic hydroxyl groups is 1. The van der Waals surface area contributed by atoms with Gasteiger partial charge in [-0.05, 0) is 107 Å². The third kappa shape index (κ3) is 5.78. The van der Waals surface area contributed by atoms with Gasteiger partial charge >= 0.3 is 0 Å². The molecule has 1 spiro atoms. The van der Waals surface area contributed by atoms with E-state index in [4.69, 9.17) is 14.2 Å². The number of rotatable bonds is 9. The van der Waals surface area contributed by atoms with Gasteiger partial charge in [-0.15, -0.1) is 0 Å². The summed E-state index contributed by atoms with van der Waals surface area (Å²) in [6.45, 7) is 21.8. The highest BCUT2D eigenvalue weighted by Gasteiger charge is 2.95. The van der Waals surface area contributed by atoms with Gasteiger partial charge in [0.15, 0.2) is 22.8 Å². The Kier molecular flexibility index (Phi) is 9.88. The number of likely N-dealkylation sites (N-methyl/N-ethyl adjacent to an activating group) is 1. The highest BCUT2D eigenvalue weighted by Crippen LogP contribution is 2.78. The van der Waals surface area contributed by atoms with Crippen LogP contribution in [0.3, 0.4) is 0 Å². The molecule has 1 aromatic carbocycles. The van der Waals surface area contributed by atoms with E-state index in [1.54, 1.807) is 11.8 Å². The van der Waals surface area contributed by atoms with Crippen LogP contribution < -0.4 is 9.47 Å². The number of hydrogen-bond acceptors (Lipinski definition) is 9. The molecule has 0 radical (unpaired) electrons. The number of ketones is 2. The summed E-state index contributed by atoms with van der Waals surface area (Å²) in [5.74, 6) is -1.12. The zero-order chi connectivity index (χ0) is 41.7. The van der Waals surface area contributed by atoms with Gasteiger partial charge in [-0.25, -0.2) is 0 Å². The van der Waals surface area contributed by atoms with Crippen molar-refractivity contribution in [3.05, 3.63) is 70.0 Å². The minimum absolute atomic E-state index is 0.0748. The monoisotopic (exact) mass is 793 g/mol. The quantitative estimate of drug-likeness (QED) is 0.200. The molecule has 7 atom stereocenters. The Hall–Kier alpha value is -3.99. The van der Waals surface area contributed by atoms with Gasteiger partial charge < -0.3 is 29.1 Å². The first-order valence-corrected chi connectivity index (χ1v) is 21.4. The van der Waals surface area contributed by atoms with Gasteiger partial charge in [0, 0.05) is 68.4 Å². The third-order valence-corrected chi connectivity index (χ3v) is 14.5. The molecular formula is C48H63N3O7. The minimum atomic E-state index is -1.57. The van der Waals surface area contributed by atoms with Crippen LogP contribution in [0.25, 0.3) is 6.08 Å². The first-order valence-electron chi connectivity index (χ1n) is 21.4. The van der Waals surface area contributed by atoms with Crippen molar-refractivity contribution in [1.29, 1.82) is 0 Å². The number of phenolic OH excluding ortho intramolecular Hbond substituents is 1. The summed E-state index contributed by atoms with van der Waals surface area (Å²) >= 11 is 0. The second-order valence-electron chi connectivity index (χ2n) is 19.5. The number of carbonyl (C=O) groups excluding carboxylic acids is 3. The van der Waals surface area contributed by atoms with E-state index in [0.29, 0.717) is 54.9 Å². The van der Waals surface area contributed by atoms with Gasteiger partial charge in [0.2, 0.25) is 0 Å². The van der Waals surface area contributed by atoms with Crippen LogP contribution in [0, 0.1) is 17.3 Å². The number of hydrogen-bond donors (Lipinski definition) is 1. The van der Waals surface area contributed by atoms with E-state index < -0.39 is 45.7 Å². The number of phenols is 1. The summed E-state index contributed by atoms with van der Waals surface area (Å²) < 4.78 is 21.7. The first-order chi connectivity index (χ1) is 27.3. The van der Waals surface area contributed by atoms with Gasteiger partial charge in [-0.1, -0.05) is 42.4 Å². The summed E-state index contributed by atoms with van der Waals surface area (Å²) in [6.07, 6.45) is 17.7. The van der Waals surface area contributed by atoms with Gasteiger partial charge in [-0.2, -0.15) is 0 Å². The van der Waals surface area contributed by atoms with Crippen LogP contribution in [0.2, 0.25) is 0 Å². The molecule has 8 rings (SSSR count). The number of carbonyl (C=O) groups is 3. The number of Topliss-reactive ketones (excluding diaryl/α,β-unsaturated/α-hetero) is 2. The zero-order valence-electron chi connectivity index (χ0n) is 36.3. The molecule has 2 aliphatic carbocycles. The van der Waals surface area contributed by atoms with Crippen molar-refractivity contribution in [3.63, 3.8) is 0 Å². The minimum Gasteiger partial charge on any atom is -0.506 e. The number of nitrogens with zero attached hydrogens (tertiary/aromatic N) is 3. The average molecular weight is 794 g/mol. The molecule has 0 aromatic heterocycles. The van der Waals surface area contributed by atoms with Crippen molar-refractivity contribution < 1.29 is 33.7 Å². The molecule has 5 aliphatic heterocycles. The van der Waals surface area contributed by atoms with Crippen LogP contribution in [-0.2, 0) is 20.7 Å². The van der Waals surface area contributed by atoms with Gasteiger partial charge in [0.25, 0.3) is 5.91 Å². The van der Waals surface area contributed by atoms with Crippen molar-refractivity contribution in [2.45, 2.75) is 129 Å². The second-order valence-corrected chi connectivity index (χ2v) is 19.5. The molecular weight excluding hydrogens is 731 g/mol. The van der Waals surface area contributed by atoms with Crippen LogP contribution in [0.15, 0.2) is 53.3 Å². The van der Waals surface area contributed by atoms with Crippen LogP contribution >= 0.6 is 0 Å². The molecule has 4 fully saturated rings. The molecule has 1 amide bonds. The number of benzene rings is 1. The maximum absolute atomic E-state index is 15.9. The molecule has 1 N–H and O–H groups in total. The summed E-state index contributed by atoms with van der Waals surface area (Å²) in [5, 5.41) is 12.3. The predicted molar refractivity (Wildman–Crippen MR) is 225 cm³/mol. The molecule has 10 heteroatoms. The standard InChI is InChI=1S/C48H63N3O7/c1-29(2)15-14-20-45(8)21-19-32-36(52)34-37(53)35-40(50-27-25-49(10)26-28-50)46(9)42-44(6,7)58-47(43(46)55,22-18-31(5)41(54)51-23-12-11-13-24-51)48(35,42)57-39(34)33(38(32)56-45)17-16-30(3)4/h12,15-16,18-19,21,23,35,40,42,52H,11,13-14,17,20,22,24-28H2,1-10H3/b31-18-. The van der Waals surface area contributed by atoms with E-state index in [1.807, 2.05) is 72.0 Å². The Morgan fingerprint density at radius 1 is 0.931 bits per heavy atom. The van der Waals surface area contributed by atoms with Crippen molar-refractivity contribution in [3.8, 4) is 17.2 Å². The lowest BCUT2D eigenvalue weighted by Crippen LogP contribution is -2.73. The van der Waals surface area contributed by atoms with E-state index in [2.05, 4.69) is 42.8 Å². The van der Waals surface area contributed by atoms with E-state index >= 15 is 9.59 Å². The Morgan fingerprint density at radius 2 is 1.64 bits per heavy atom. The molecule has 10 nitrogen and oxygen atoms in total. The fourth-order valence-electron chi connectivity index (χ4n) is 12.1. The Bertz CT molecular complexity index is 2100. The summed E-state index contributed by atoms with van der Waals surface area (Å²) in [7, 11) is 2.10. The lowest BCUT2D eigenvalue weighted by molar-refractivity contribution is -0.204. The summed E-state index contributed by atoms with van der Waals surface area (Å²) in [6, 6.07) is -0.484. The topological polar surface area (TPSA) is 109 Å². The molecule has 2 saturated heterocycles. The zero-order valence-corrected chi connectivity index (χ0v) is 36.3. The Morgan fingerprint density at radius 3 is 2.29 bits per heavy atom. The van der Waals surface area contributed by atoms with Gasteiger partial charge in [0.1, 0.15) is 28.4 Å². The van der Waals surface area contributed by atoms with Crippen LogP contribution in [-0.4, -0.2) is 105 Å². The van der Waals surface area contributed by atoms with Gasteiger partial charge in [0.05, 0.1) is 22.5 Å². The summed E-state index contributed by atoms with van der Waals surface area (Å²) in [4.78, 5) is 51.6. The third-order valence-electron chi connectivity index (χ3n) is 14.5. The fraction of sp³-hybridized carbons (Fsp3) is 0.604.